The number of H-pyrrole nitrogens is 1. The Bertz CT molecular complexity index is 1720. The SMILES string of the molecule is CC(C)CN(C[C@@H](O)[C@H](Cc1ccccc1)NC(=O)O[C@H]1COC2OCCC21)S(=O)(=O)c1ccc2[nH]c(O)c(C=NC(C(C)C)C(C)C)c2c1. The van der Waals surface area contributed by atoms with Crippen LogP contribution < -0.4 is 5.32 Å². The number of aliphatic imine (C=N–C) groups is 1. The number of hydrogen-bond donors (Lipinski definition) is 4. The Labute approximate surface area is 295 Å². The van der Waals surface area contributed by atoms with Crippen molar-refractivity contribution in [1.29, 1.82) is 0 Å². The quantitative estimate of drug-likeness (QED) is 0.159. The van der Waals surface area contributed by atoms with Crippen molar-refractivity contribution in [2.24, 2.45) is 28.7 Å². The molecule has 3 heterocycles. The van der Waals surface area contributed by atoms with Gasteiger partial charge in [0.25, 0.3) is 0 Å². The van der Waals surface area contributed by atoms with Crippen molar-refractivity contribution < 1.29 is 37.6 Å². The van der Waals surface area contributed by atoms with Crippen LogP contribution in [0.3, 0.4) is 0 Å². The third-order valence-corrected chi connectivity index (χ3v) is 11.3. The van der Waals surface area contributed by atoms with Gasteiger partial charge in [-0.15, -0.1) is 0 Å². The molecule has 2 fully saturated rings. The van der Waals surface area contributed by atoms with Gasteiger partial charge < -0.3 is 34.7 Å². The van der Waals surface area contributed by atoms with Crippen LogP contribution in [-0.4, -0.2) is 97.1 Å². The second-order valence-electron chi connectivity index (χ2n) is 14.5. The number of nitrogens with zero attached hydrogens (tertiary/aromatic N) is 2. The number of hydrogen-bond acceptors (Lipinski definition) is 9. The summed E-state index contributed by atoms with van der Waals surface area (Å²) in [6, 6.07) is 13.2. The molecule has 0 saturated carbocycles. The van der Waals surface area contributed by atoms with Gasteiger partial charge >= 0.3 is 6.09 Å². The van der Waals surface area contributed by atoms with Crippen LogP contribution in [0.1, 0.15) is 59.1 Å². The van der Waals surface area contributed by atoms with E-state index in [2.05, 4.69) is 38.0 Å². The van der Waals surface area contributed by atoms with Crippen LogP contribution in [0.5, 0.6) is 5.88 Å². The number of ether oxygens (including phenoxy) is 3. The van der Waals surface area contributed by atoms with Gasteiger partial charge in [-0.25, -0.2) is 13.2 Å². The smallest absolute Gasteiger partial charge is 0.407 e. The van der Waals surface area contributed by atoms with E-state index in [0.717, 1.165) is 12.0 Å². The molecule has 0 radical (unpaired) electrons. The van der Waals surface area contributed by atoms with Crippen LogP contribution in [0, 0.1) is 23.7 Å². The monoisotopic (exact) mass is 712 g/mol. The highest BCUT2D eigenvalue weighted by molar-refractivity contribution is 7.89. The first-order chi connectivity index (χ1) is 23.7. The maximum Gasteiger partial charge on any atom is 0.407 e. The number of rotatable bonds is 15. The molecule has 1 aromatic heterocycles. The molecule has 5 rings (SSSR count). The number of carbonyl (C=O) groups is 1. The number of alkyl carbamates (subject to hydrolysis) is 1. The fraction of sp³-hybridized carbons (Fsp3) is 0.568. The summed E-state index contributed by atoms with van der Waals surface area (Å²) in [5, 5.41) is 25.8. The first-order valence-electron chi connectivity index (χ1n) is 17.5. The molecular formula is C37H52N4O8S. The van der Waals surface area contributed by atoms with Crippen molar-refractivity contribution in [2.75, 3.05) is 26.3 Å². The lowest BCUT2D eigenvalue weighted by molar-refractivity contribution is -0.0907. The molecule has 0 bridgehead atoms. The highest BCUT2D eigenvalue weighted by atomic mass is 32.2. The molecule has 0 aliphatic carbocycles. The maximum atomic E-state index is 14.3. The zero-order valence-corrected chi connectivity index (χ0v) is 30.6. The van der Waals surface area contributed by atoms with E-state index in [1.54, 1.807) is 12.3 Å². The molecule has 2 aromatic carbocycles. The number of aromatic hydroxyl groups is 1. The lowest BCUT2D eigenvalue weighted by Gasteiger charge is -2.31. The number of carbonyl (C=O) groups excluding carboxylic acids is 1. The van der Waals surface area contributed by atoms with Crippen molar-refractivity contribution in [3.63, 3.8) is 0 Å². The highest BCUT2D eigenvalue weighted by Gasteiger charge is 2.44. The Balaban J connectivity index is 1.40. The van der Waals surface area contributed by atoms with Gasteiger partial charge in [-0.05, 0) is 54.4 Å². The fourth-order valence-electron chi connectivity index (χ4n) is 6.93. The summed E-state index contributed by atoms with van der Waals surface area (Å²) in [6.07, 6.45) is -0.286. The van der Waals surface area contributed by atoms with Crippen molar-refractivity contribution in [3.05, 3.63) is 59.7 Å². The third kappa shape index (κ3) is 8.86. The minimum absolute atomic E-state index is 0.0114. The van der Waals surface area contributed by atoms with Gasteiger partial charge in [-0.2, -0.15) is 4.31 Å². The minimum atomic E-state index is -4.15. The molecule has 12 nitrogen and oxygen atoms in total. The molecule has 2 aliphatic rings. The average Bonchev–Trinajstić information content (AvgIpc) is 3.76. The van der Waals surface area contributed by atoms with E-state index in [4.69, 9.17) is 19.2 Å². The van der Waals surface area contributed by atoms with E-state index < -0.39 is 34.4 Å². The number of fused-ring (bicyclic) bond motifs is 2. The van der Waals surface area contributed by atoms with E-state index in [1.165, 1.54) is 16.4 Å². The highest BCUT2D eigenvalue weighted by Crippen LogP contribution is 2.33. The number of nitrogens with one attached hydrogen (secondary N) is 2. The topological polar surface area (TPSA) is 163 Å². The molecule has 4 N–H and O–H groups in total. The summed E-state index contributed by atoms with van der Waals surface area (Å²) >= 11 is 0. The largest absolute Gasteiger partial charge is 0.494 e. The van der Waals surface area contributed by atoms with Crippen molar-refractivity contribution in [1.82, 2.24) is 14.6 Å². The third-order valence-electron chi connectivity index (χ3n) is 9.44. The number of benzene rings is 2. The standard InChI is InChI=1S/C37H52N4O8S/c1-22(2)19-41(50(45,46)26-12-13-30-28(17-26)29(35(43)39-30)18-38-34(23(3)4)24(5)6)20-32(42)31(16-25-10-8-7-9-11-25)40-37(44)49-33-21-48-36-27(33)14-15-47-36/h7-13,17-18,22-24,27,31-34,36,39,42-43H,14-16,19-21H2,1-6H3,(H,40,44)/t27?,31-,32+,33-,36?/m0/s1. The Kier molecular flexibility index (Phi) is 12.3. The predicted octanol–water partition coefficient (Wildman–Crippen LogP) is 5.08. The van der Waals surface area contributed by atoms with Crippen LogP contribution in [0.2, 0.25) is 0 Å². The summed E-state index contributed by atoms with van der Waals surface area (Å²) in [6.45, 7) is 12.8. The van der Waals surface area contributed by atoms with Crippen LogP contribution in [-0.2, 0) is 30.7 Å². The van der Waals surface area contributed by atoms with E-state index >= 15 is 0 Å². The van der Waals surface area contributed by atoms with Gasteiger partial charge in [-0.1, -0.05) is 71.9 Å². The second-order valence-corrected chi connectivity index (χ2v) is 16.5. The Morgan fingerprint density at radius 3 is 2.48 bits per heavy atom. The van der Waals surface area contributed by atoms with Gasteiger partial charge in [0.2, 0.25) is 10.0 Å². The van der Waals surface area contributed by atoms with Gasteiger partial charge in [0.1, 0.15) is 6.10 Å². The van der Waals surface area contributed by atoms with Crippen LogP contribution in [0.4, 0.5) is 4.79 Å². The molecule has 2 unspecified atom stereocenters. The molecule has 3 aromatic rings. The van der Waals surface area contributed by atoms with Crippen LogP contribution in [0.15, 0.2) is 58.4 Å². The van der Waals surface area contributed by atoms with E-state index in [-0.39, 0.29) is 72.9 Å². The van der Waals surface area contributed by atoms with Crippen LogP contribution >= 0.6 is 0 Å². The minimum Gasteiger partial charge on any atom is -0.494 e. The normalized spacial score (nSPS) is 20.9. The van der Waals surface area contributed by atoms with Gasteiger partial charge in [0, 0.05) is 30.2 Å². The van der Waals surface area contributed by atoms with Crippen molar-refractivity contribution >= 4 is 33.2 Å². The molecular weight excluding hydrogens is 660 g/mol. The van der Waals surface area contributed by atoms with Gasteiger partial charge in [0.05, 0.1) is 47.8 Å². The molecule has 0 spiro atoms. The summed E-state index contributed by atoms with van der Waals surface area (Å²) in [4.78, 5) is 20.9. The molecule has 2 aliphatic heterocycles. The zero-order valence-electron chi connectivity index (χ0n) is 29.8. The average molecular weight is 713 g/mol. The summed E-state index contributed by atoms with van der Waals surface area (Å²) in [5.41, 5.74) is 1.83. The number of aliphatic hydroxyl groups excluding tert-OH is 1. The number of amides is 1. The fourth-order valence-corrected chi connectivity index (χ4v) is 8.58. The van der Waals surface area contributed by atoms with Crippen molar-refractivity contribution in [3.8, 4) is 5.88 Å². The number of aromatic nitrogens is 1. The number of aliphatic hydroxyl groups is 1. The Morgan fingerprint density at radius 2 is 1.80 bits per heavy atom. The van der Waals surface area contributed by atoms with E-state index in [0.29, 0.717) is 23.1 Å². The molecule has 5 atom stereocenters. The number of sulfonamides is 1. The van der Waals surface area contributed by atoms with Gasteiger partial charge in [0.15, 0.2) is 12.2 Å². The summed E-state index contributed by atoms with van der Waals surface area (Å²) in [5.74, 6) is 0.332. The van der Waals surface area contributed by atoms with Gasteiger partial charge in [-0.3, -0.25) is 4.99 Å². The number of aromatic amines is 1. The molecule has 13 heteroatoms. The molecule has 1 amide bonds. The second kappa shape index (κ2) is 16.2. The molecule has 50 heavy (non-hydrogen) atoms. The first kappa shape index (κ1) is 37.8. The lowest BCUT2D eigenvalue weighted by Crippen LogP contribution is -2.51. The molecule has 2 saturated heterocycles. The van der Waals surface area contributed by atoms with Crippen molar-refractivity contribution in [2.45, 2.75) is 89.9 Å². The summed E-state index contributed by atoms with van der Waals surface area (Å²) < 4.78 is 46.8. The predicted molar refractivity (Wildman–Crippen MR) is 192 cm³/mol. The zero-order chi connectivity index (χ0) is 36.2. The summed E-state index contributed by atoms with van der Waals surface area (Å²) in [7, 11) is -4.15. The van der Waals surface area contributed by atoms with E-state index in [9.17, 15) is 23.4 Å². The first-order valence-corrected chi connectivity index (χ1v) is 19.0. The molecule has 274 valence electrons. The van der Waals surface area contributed by atoms with E-state index in [1.807, 2.05) is 44.2 Å². The Morgan fingerprint density at radius 1 is 1.08 bits per heavy atom. The maximum absolute atomic E-state index is 14.3. The Hall–Kier alpha value is -3.49. The lowest BCUT2D eigenvalue weighted by atomic mass is 9.94. The van der Waals surface area contributed by atoms with Crippen LogP contribution in [0.25, 0.3) is 10.9 Å².